The van der Waals surface area contributed by atoms with E-state index in [1.807, 2.05) is 6.42 Å². The van der Waals surface area contributed by atoms with E-state index >= 15 is 0 Å². The molecule has 0 saturated heterocycles. The summed E-state index contributed by atoms with van der Waals surface area (Å²) in [5, 5.41) is 0. The first-order valence-electron chi connectivity index (χ1n) is 11.6. The molecule has 215 valence electrons. The number of halogens is 6. The van der Waals surface area contributed by atoms with Gasteiger partial charge in [-0.2, -0.15) is 0 Å². The van der Waals surface area contributed by atoms with Crippen molar-refractivity contribution in [2.75, 3.05) is 37.0 Å². The summed E-state index contributed by atoms with van der Waals surface area (Å²) in [5.41, 5.74) is 0.501. The second-order valence-electron chi connectivity index (χ2n) is 9.57. The second kappa shape index (κ2) is 19.7. The molecule has 0 aromatic heterocycles. The largest absolute Gasteiger partial charge is 0 e. The van der Waals surface area contributed by atoms with Crippen LogP contribution in [0.15, 0.2) is 6.08 Å². The summed E-state index contributed by atoms with van der Waals surface area (Å²) in [4.78, 5) is 0. The topological polar surface area (TPSA) is 0 Å². The van der Waals surface area contributed by atoms with Crippen LogP contribution in [-0.2, 0) is 21.1 Å². The Bertz CT molecular complexity index is 441. The molecule has 0 rings (SSSR count). The van der Waals surface area contributed by atoms with Gasteiger partial charge in [-0.25, -0.2) is 0 Å². The van der Waals surface area contributed by atoms with E-state index in [2.05, 4.69) is 102 Å². The number of allylic oxidation sites excluding steroid dienone is 2. The molecule has 0 aliphatic carbocycles. The number of hydrogen-bond acceptors (Lipinski definition) is 0. The summed E-state index contributed by atoms with van der Waals surface area (Å²) in [5.74, 6) is 0. The molecule has 10 heteroatoms. The predicted octanol–water partition coefficient (Wildman–Crippen LogP) is 11.0. The van der Waals surface area contributed by atoms with E-state index in [0.29, 0.717) is 15.8 Å². The minimum absolute atomic E-state index is 0. The van der Waals surface area contributed by atoms with Crippen LogP contribution in [0, 0.1) is 29.7 Å². The summed E-state index contributed by atoms with van der Waals surface area (Å²) < 4.78 is 59.6. The summed E-state index contributed by atoms with van der Waals surface area (Å²) in [7, 11) is 0.892. The van der Waals surface area contributed by atoms with Gasteiger partial charge < -0.3 is 0 Å². The Balaban J connectivity index is -0.000000113. The maximum atomic E-state index is 9.93. The van der Waals surface area contributed by atoms with Gasteiger partial charge in [-0.15, -0.1) is 15.8 Å². The molecule has 0 aromatic rings. The number of rotatable bonds is 8. The average Bonchev–Trinajstić information content (AvgIpc) is 2.59. The maximum absolute atomic E-state index is 11.2. The minimum atomic E-state index is -11.2. The second-order valence-corrected chi connectivity index (χ2v) is 21.5. The third-order valence-corrected chi connectivity index (χ3v) is 9.25. The van der Waals surface area contributed by atoms with Crippen LogP contribution in [0.3, 0.4) is 0 Å². The van der Waals surface area contributed by atoms with Crippen LogP contribution < -0.4 is 0 Å². The van der Waals surface area contributed by atoms with Crippen molar-refractivity contribution in [1.29, 1.82) is 0 Å². The average molecular weight is 832 g/mol. The van der Waals surface area contributed by atoms with Gasteiger partial charge in [-0.1, -0.05) is 89.2 Å². The summed E-state index contributed by atoms with van der Waals surface area (Å²) in [6.07, 6.45) is 17.9. The van der Waals surface area contributed by atoms with Crippen LogP contribution >= 0.6 is 15.8 Å². The fraction of sp³-hybridized carbons (Fsp3) is 0.833. The third-order valence-electron chi connectivity index (χ3n) is 3.88. The van der Waals surface area contributed by atoms with E-state index in [4.69, 9.17) is 0 Å². The smallest absolute Gasteiger partial charge is 0 e. The van der Waals surface area contributed by atoms with Crippen LogP contribution in [0.5, 0.6) is 0 Å². The molecule has 0 amide bonds. The van der Waals surface area contributed by atoms with Crippen molar-refractivity contribution in [3.63, 3.8) is 0 Å². The van der Waals surface area contributed by atoms with Gasteiger partial charge in [0.15, 0.2) is 0 Å². The summed E-state index contributed by atoms with van der Waals surface area (Å²) in [6, 6.07) is 0. The molecular weight excluding hydrogens is 781 g/mol. The van der Waals surface area contributed by atoms with Gasteiger partial charge in [-0.05, 0) is 66.7 Å². The van der Waals surface area contributed by atoms with Gasteiger partial charge in [0.2, 0.25) is 0 Å². The van der Waals surface area contributed by atoms with Crippen molar-refractivity contribution in [1.82, 2.24) is 0 Å². The molecule has 0 fully saturated rings. The molecule has 0 N–H and O–H groups in total. The van der Waals surface area contributed by atoms with Crippen LogP contribution in [-0.4, -0.2) is 56.4 Å². The van der Waals surface area contributed by atoms with Crippen molar-refractivity contribution in [3.8, 4) is 0 Å². The molecular formula is C24H51F6P2PtSb-. The fourth-order valence-corrected chi connectivity index (χ4v) is 4.62. The monoisotopic (exact) mass is 831 g/mol. The third kappa shape index (κ3) is 69.9. The van der Waals surface area contributed by atoms with Crippen molar-refractivity contribution in [2.45, 2.75) is 83.1 Å². The molecule has 0 heterocycles. The molecule has 0 unspecified atom stereocenters. The Kier molecular flexibility index (Phi) is 26.4. The molecule has 0 bridgehead atoms. The quantitative estimate of drug-likeness (QED) is 0.130. The molecule has 0 aliphatic heterocycles. The zero-order valence-electron chi connectivity index (χ0n) is 23.4. The van der Waals surface area contributed by atoms with E-state index in [-0.39, 0.29) is 31.9 Å². The van der Waals surface area contributed by atoms with Gasteiger partial charge in [0, 0.05) is 21.1 Å². The van der Waals surface area contributed by atoms with Crippen LogP contribution in [0.2, 0.25) is 0 Å². The SMILES string of the molecule is CC(C)(C)[CH][CH][C]=CC(C)(C)C.CCP(CC)CC.CCP(CC)CC.[F][Sb-]([F])([F])([F])([F])[F].[Pt]. The minimum Gasteiger partial charge on any atom is 0 e. The van der Waals surface area contributed by atoms with Crippen LogP contribution in [0.25, 0.3) is 0 Å². The molecule has 34 heavy (non-hydrogen) atoms. The van der Waals surface area contributed by atoms with Crippen LogP contribution in [0.1, 0.15) is 83.1 Å². The normalized spacial score (nSPS) is 14.0. The zero-order chi connectivity index (χ0) is 27.6. The van der Waals surface area contributed by atoms with Gasteiger partial charge in [-0.3, -0.25) is 0 Å². The molecule has 0 aromatic carbocycles. The van der Waals surface area contributed by atoms with Crippen molar-refractivity contribution in [2.24, 2.45) is 10.8 Å². The molecule has 3 radical (unpaired) electrons. The molecule has 0 atom stereocenters. The predicted molar refractivity (Wildman–Crippen MR) is 145 cm³/mol. The van der Waals surface area contributed by atoms with Gasteiger partial charge in [0.25, 0.3) is 0 Å². The van der Waals surface area contributed by atoms with E-state index < -0.39 is 19.5 Å². The summed E-state index contributed by atoms with van der Waals surface area (Å²) in [6.45, 7) is 26.8. The van der Waals surface area contributed by atoms with Gasteiger partial charge in [0.05, 0.1) is 0 Å². The van der Waals surface area contributed by atoms with Crippen molar-refractivity contribution >= 4 is 35.3 Å². The Morgan fingerprint density at radius 1 is 0.588 bits per heavy atom. The standard InChI is InChI=1S/C12H21.2C6H15P.6FH.Pt.Sb/c1-11(2,3)9-7-8-10-12(4,5)6;2*1-4-7(5-2)6-3;;;;;;;;/h7,9-10H,1-6H3;2*4-6H2,1-3H3;6*1H;;/q;;;;;;;;;;+5/p-6. The first-order chi connectivity index (χ1) is 14.3. The fourth-order valence-electron chi connectivity index (χ4n) is 1.94. The van der Waals surface area contributed by atoms with E-state index in [1.165, 1.54) is 37.0 Å². The maximum Gasteiger partial charge on any atom is 0 e. The first kappa shape index (κ1) is 45.6. The Morgan fingerprint density at radius 2 is 0.824 bits per heavy atom. The summed E-state index contributed by atoms with van der Waals surface area (Å²) >= 11 is -11.2. The molecule has 0 spiro atoms. The van der Waals surface area contributed by atoms with Crippen molar-refractivity contribution in [3.05, 3.63) is 25.0 Å². The first-order valence-corrected chi connectivity index (χ1v) is 21.2. The van der Waals surface area contributed by atoms with Gasteiger partial charge in [0.1, 0.15) is 0 Å². The van der Waals surface area contributed by atoms with E-state index in [0.717, 1.165) is 0 Å². The number of hydrogen-bond donors (Lipinski definition) is 0. The van der Waals surface area contributed by atoms with Gasteiger partial charge >= 0.3 is 36.4 Å². The molecule has 0 saturated carbocycles. The Morgan fingerprint density at radius 3 is 0.941 bits per heavy atom. The van der Waals surface area contributed by atoms with Crippen LogP contribution in [0.4, 0.5) is 16.9 Å². The molecule has 0 nitrogen and oxygen atoms in total. The molecule has 0 aliphatic rings. The van der Waals surface area contributed by atoms with Crippen molar-refractivity contribution < 1.29 is 37.9 Å². The van der Waals surface area contributed by atoms with E-state index in [9.17, 15) is 16.9 Å². The zero-order valence-corrected chi connectivity index (χ0v) is 30.0. The van der Waals surface area contributed by atoms with E-state index in [1.54, 1.807) is 0 Å². The Hall–Kier alpha value is 1.69. The Labute approximate surface area is 227 Å².